The summed E-state index contributed by atoms with van der Waals surface area (Å²) in [7, 11) is -3.21. The van der Waals surface area contributed by atoms with Gasteiger partial charge in [0.05, 0.1) is 33.6 Å². The molecule has 0 aliphatic carbocycles. The normalized spacial score (nSPS) is 11.6. The Morgan fingerprint density at radius 3 is 2.48 bits per heavy atom. The van der Waals surface area contributed by atoms with Gasteiger partial charge in [-0.05, 0) is 35.9 Å². The first-order valence-electron chi connectivity index (χ1n) is 9.08. The Morgan fingerprint density at radius 2 is 1.84 bits per heavy atom. The van der Waals surface area contributed by atoms with E-state index in [2.05, 4.69) is 20.3 Å². The predicted octanol–water partition coefficient (Wildman–Crippen LogP) is 3.55. The van der Waals surface area contributed by atoms with Crippen molar-refractivity contribution in [1.29, 1.82) is 0 Å². The maximum atomic E-state index is 14.3. The number of nitrogens with zero attached hydrogens (tertiary/aromatic N) is 2. The van der Waals surface area contributed by atoms with E-state index in [1.54, 1.807) is 12.1 Å². The average molecular weight is 442 g/mol. The monoisotopic (exact) mass is 442 g/mol. The Morgan fingerprint density at radius 1 is 1.10 bits per heavy atom. The molecule has 4 rings (SSSR count). The number of aromatic nitrogens is 3. The lowest BCUT2D eigenvalue weighted by Gasteiger charge is -2.12. The number of anilines is 2. The Bertz CT molecular complexity index is 1430. The van der Waals surface area contributed by atoms with Crippen molar-refractivity contribution < 1.29 is 17.2 Å². The number of benzene rings is 1. The maximum absolute atomic E-state index is 14.3. The van der Waals surface area contributed by atoms with E-state index in [1.807, 2.05) is 0 Å². The molecule has 4 aromatic rings. The molecule has 0 atom stereocenters. The first-order chi connectivity index (χ1) is 14.7. The summed E-state index contributed by atoms with van der Waals surface area (Å²) < 4.78 is 51.5. The van der Waals surface area contributed by atoms with Crippen molar-refractivity contribution in [3.63, 3.8) is 0 Å². The van der Waals surface area contributed by atoms with Crippen LogP contribution in [0.25, 0.3) is 22.2 Å². The van der Waals surface area contributed by atoms with Crippen LogP contribution in [0.5, 0.6) is 0 Å². The second-order valence-corrected chi connectivity index (χ2v) is 9.11. The Hall–Kier alpha value is -3.66. The van der Waals surface area contributed by atoms with E-state index in [9.17, 15) is 22.0 Å². The third-order valence-electron chi connectivity index (χ3n) is 4.47. The number of hydrogen-bond donors (Lipinski definition) is 2. The molecule has 0 radical (unpaired) electrons. The van der Waals surface area contributed by atoms with E-state index in [0.717, 1.165) is 18.4 Å². The molecule has 0 bridgehead atoms. The van der Waals surface area contributed by atoms with Gasteiger partial charge in [0.1, 0.15) is 17.5 Å². The van der Waals surface area contributed by atoms with Crippen LogP contribution in [0.15, 0.2) is 59.7 Å². The Kier molecular flexibility index (Phi) is 5.24. The molecule has 1 aromatic carbocycles. The maximum Gasteiger partial charge on any atom is 0.259 e. The standard InChI is InChI=1S/C21H16F2N4O3S/c1-31(29,30)11-12-5-6-18(25-10-12)27-17-9-16(19-13(22)3-2-4-14(19)23)26-15-7-8-24-21(28)20(15)17/h2-10H,11H2,1H3,(H,24,28)(H,25,26,27). The molecule has 0 saturated heterocycles. The van der Waals surface area contributed by atoms with Gasteiger partial charge in [0, 0.05) is 18.6 Å². The second kappa shape index (κ2) is 7.88. The molecular formula is C21H16F2N4O3S. The number of aromatic amines is 1. The van der Waals surface area contributed by atoms with E-state index in [4.69, 9.17) is 0 Å². The lowest BCUT2D eigenvalue weighted by molar-refractivity contribution is 0.588. The van der Waals surface area contributed by atoms with Gasteiger partial charge >= 0.3 is 0 Å². The molecule has 0 aliphatic rings. The highest BCUT2D eigenvalue weighted by Crippen LogP contribution is 2.31. The largest absolute Gasteiger partial charge is 0.339 e. The summed E-state index contributed by atoms with van der Waals surface area (Å²) in [5.41, 5.74) is 0.225. The molecular weight excluding hydrogens is 426 g/mol. The van der Waals surface area contributed by atoms with E-state index >= 15 is 0 Å². The summed E-state index contributed by atoms with van der Waals surface area (Å²) in [4.78, 5) is 23.4. The second-order valence-electron chi connectivity index (χ2n) is 6.97. The minimum absolute atomic E-state index is 0.00453. The zero-order valence-corrected chi connectivity index (χ0v) is 17.0. The molecule has 158 valence electrons. The Labute approximate surface area is 175 Å². The first-order valence-corrected chi connectivity index (χ1v) is 11.1. The van der Waals surface area contributed by atoms with Crippen molar-refractivity contribution in [2.24, 2.45) is 0 Å². The molecule has 2 N–H and O–H groups in total. The molecule has 3 heterocycles. The van der Waals surface area contributed by atoms with Crippen molar-refractivity contribution in [2.45, 2.75) is 5.75 Å². The van der Waals surface area contributed by atoms with Crippen LogP contribution in [0.4, 0.5) is 20.3 Å². The molecule has 31 heavy (non-hydrogen) atoms. The molecule has 0 unspecified atom stereocenters. The summed E-state index contributed by atoms with van der Waals surface area (Å²) >= 11 is 0. The van der Waals surface area contributed by atoms with E-state index in [1.165, 1.54) is 30.6 Å². The van der Waals surface area contributed by atoms with Gasteiger partial charge in [0.25, 0.3) is 5.56 Å². The number of hydrogen-bond acceptors (Lipinski definition) is 6. The summed E-state index contributed by atoms with van der Waals surface area (Å²) in [6.45, 7) is 0. The quantitative estimate of drug-likeness (QED) is 0.490. The van der Waals surface area contributed by atoms with E-state index in [0.29, 0.717) is 11.4 Å². The van der Waals surface area contributed by atoms with Gasteiger partial charge < -0.3 is 10.3 Å². The van der Waals surface area contributed by atoms with Crippen molar-refractivity contribution >= 4 is 32.2 Å². The lowest BCUT2D eigenvalue weighted by Crippen LogP contribution is -2.09. The number of fused-ring (bicyclic) bond motifs is 1. The van der Waals surface area contributed by atoms with Crippen molar-refractivity contribution in [2.75, 3.05) is 11.6 Å². The minimum Gasteiger partial charge on any atom is -0.339 e. The minimum atomic E-state index is -3.21. The number of halogens is 2. The fraction of sp³-hybridized carbons (Fsp3) is 0.0952. The summed E-state index contributed by atoms with van der Waals surface area (Å²) in [6, 6.07) is 9.52. The van der Waals surface area contributed by atoms with E-state index < -0.39 is 27.0 Å². The molecule has 0 saturated carbocycles. The fourth-order valence-electron chi connectivity index (χ4n) is 3.19. The number of rotatable bonds is 5. The van der Waals surface area contributed by atoms with Crippen LogP contribution in [0, 0.1) is 11.6 Å². The fourth-order valence-corrected chi connectivity index (χ4v) is 3.96. The summed E-state index contributed by atoms with van der Waals surface area (Å²) in [5.74, 6) is -1.42. The number of H-pyrrole nitrogens is 1. The van der Waals surface area contributed by atoms with Gasteiger partial charge in [0.2, 0.25) is 0 Å². The number of sulfone groups is 1. The van der Waals surface area contributed by atoms with Crippen molar-refractivity contribution in [1.82, 2.24) is 15.0 Å². The van der Waals surface area contributed by atoms with Gasteiger partial charge in [0.15, 0.2) is 9.84 Å². The SMILES string of the molecule is CS(=O)(=O)Cc1ccc(Nc2cc(-c3c(F)cccc3F)nc3cc[nH]c(=O)c23)nc1. The van der Waals surface area contributed by atoms with Crippen molar-refractivity contribution in [3.05, 3.63) is 82.4 Å². The lowest BCUT2D eigenvalue weighted by atomic mass is 10.1. The van der Waals surface area contributed by atoms with Gasteiger partial charge in [-0.25, -0.2) is 27.2 Å². The number of pyridine rings is 3. The van der Waals surface area contributed by atoms with Crippen LogP contribution in [0.1, 0.15) is 5.56 Å². The van der Waals surface area contributed by atoms with Crippen LogP contribution in [0.2, 0.25) is 0 Å². The summed E-state index contributed by atoms with van der Waals surface area (Å²) in [5, 5.41) is 3.15. The van der Waals surface area contributed by atoms with Gasteiger partial charge in [-0.15, -0.1) is 0 Å². The molecule has 10 heteroatoms. The third-order valence-corrected chi connectivity index (χ3v) is 5.32. The topological polar surface area (TPSA) is 105 Å². The molecule has 0 spiro atoms. The molecule has 0 aliphatic heterocycles. The smallest absolute Gasteiger partial charge is 0.259 e. The van der Waals surface area contributed by atoms with Gasteiger partial charge in [-0.1, -0.05) is 12.1 Å². The highest BCUT2D eigenvalue weighted by atomic mass is 32.2. The zero-order valence-electron chi connectivity index (χ0n) is 16.2. The predicted molar refractivity (Wildman–Crippen MR) is 114 cm³/mol. The Balaban J connectivity index is 1.82. The zero-order chi connectivity index (χ0) is 22.2. The van der Waals surface area contributed by atoms with Crippen LogP contribution < -0.4 is 10.9 Å². The van der Waals surface area contributed by atoms with Crippen LogP contribution in [-0.2, 0) is 15.6 Å². The van der Waals surface area contributed by atoms with Gasteiger partial charge in [-0.2, -0.15) is 0 Å². The van der Waals surface area contributed by atoms with Crippen LogP contribution in [-0.4, -0.2) is 29.6 Å². The average Bonchev–Trinajstić information content (AvgIpc) is 2.68. The van der Waals surface area contributed by atoms with Crippen molar-refractivity contribution in [3.8, 4) is 11.3 Å². The third kappa shape index (κ3) is 4.43. The van der Waals surface area contributed by atoms with Gasteiger partial charge in [-0.3, -0.25) is 4.79 Å². The van der Waals surface area contributed by atoms with E-state index in [-0.39, 0.29) is 33.6 Å². The molecule has 0 amide bonds. The molecule has 0 fully saturated rings. The highest BCUT2D eigenvalue weighted by Gasteiger charge is 2.17. The summed E-state index contributed by atoms with van der Waals surface area (Å²) in [6.07, 6.45) is 3.91. The first kappa shape index (κ1) is 20.6. The van der Waals surface area contributed by atoms with Crippen LogP contribution in [0.3, 0.4) is 0 Å². The number of nitrogens with one attached hydrogen (secondary N) is 2. The highest BCUT2D eigenvalue weighted by molar-refractivity contribution is 7.89. The molecule has 7 nitrogen and oxygen atoms in total. The molecule has 3 aromatic heterocycles. The van der Waals surface area contributed by atoms with Crippen LogP contribution >= 0.6 is 0 Å².